The zero-order chi connectivity index (χ0) is 16.0. The average molecular weight is 297 g/mol. The number of carbonyl (C=O) groups is 2. The van der Waals surface area contributed by atoms with Crippen LogP contribution in [0.25, 0.3) is 0 Å². The first-order valence-corrected chi connectivity index (χ1v) is 8.22. The van der Waals surface area contributed by atoms with E-state index in [1.165, 1.54) is 0 Å². The first-order chi connectivity index (χ1) is 9.71. The first kappa shape index (κ1) is 18.0. The van der Waals surface area contributed by atoms with Crippen LogP contribution in [-0.2, 0) is 9.59 Å². The summed E-state index contributed by atoms with van der Waals surface area (Å²) in [4.78, 5) is 22.8. The lowest BCUT2D eigenvalue weighted by Crippen LogP contribution is -2.35. The maximum Gasteiger partial charge on any atom is 0.306 e. The molecule has 122 valence electrons. The van der Waals surface area contributed by atoms with Gasteiger partial charge in [0.15, 0.2) is 0 Å². The lowest BCUT2D eigenvalue weighted by molar-refractivity contribution is -0.141. The number of carboxylic acid groups (broad SMARTS) is 1. The normalized spacial score (nSPS) is 24.4. The predicted molar refractivity (Wildman–Crippen MR) is 83.9 cm³/mol. The Balaban J connectivity index is 2.21. The van der Waals surface area contributed by atoms with E-state index in [2.05, 4.69) is 26.1 Å². The van der Waals surface area contributed by atoms with Crippen molar-refractivity contribution in [2.75, 3.05) is 6.54 Å². The number of hydrogen-bond donors (Lipinski definition) is 2. The van der Waals surface area contributed by atoms with E-state index in [0.717, 1.165) is 38.0 Å². The Morgan fingerprint density at radius 2 is 1.76 bits per heavy atom. The van der Waals surface area contributed by atoms with Crippen molar-refractivity contribution in [1.29, 1.82) is 0 Å². The highest BCUT2D eigenvalue weighted by atomic mass is 16.4. The van der Waals surface area contributed by atoms with E-state index < -0.39 is 5.97 Å². The Kier molecular flexibility index (Phi) is 6.69. The molecule has 0 bridgehead atoms. The van der Waals surface area contributed by atoms with Crippen molar-refractivity contribution in [3.63, 3.8) is 0 Å². The van der Waals surface area contributed by atoms with Crippen LogP contribution in [-0.4, -0.2) is 23.5 Å². The molecule has 0 aromatic rings. The van der Waals surface area contributed by atoms with Gasteiger partial charge in [0.25, 0.3) is 0 Å². The Morgan fingerprint density at radius 1 is 1.19 bits per heavy atom. The molecular weight excluding hydrogens is 266 g/mol. The van der Waals surface area contributed by atoms with Gasteiger partial charge in [0, 0.05) is 12.5 Å². The largest absolute Gasteiger partial charge is 0.481 e. The minimum absolute atomic E-state index is 0.153. The number of aliphatic carboxylic acids is 1. The molecule has 1 saturated carbocycles. The Hall–Kier alpha value is -1.06. The fourth-order valence-electron chi connectivity index (χ4n) is 3.11. The number of carbonyl (C=O) groups excluding carboxylic acids is 1. The summed E-state index contributed by atoms with van der Waals surface area (Å²) in [7, 11) is 0. The number of amides is 1. The summed E-state index contributed by atoms with van der Waals surface area (Å²) in [6.07, 6.45) is 5.59. The van der Waals surface area contributed by atoms with Gasteiger partial charge in [0.05, 0.1) is 5.92 Å². The van der Waals surface area contributed by atoms with Gasteiger partial charge in [-0.25, -0.2) is 0 Å². The molecule has 1 rings (SSSR count). The summed E-state index contributed by atoms with van der Waals surface area (Å²) in [5.41, 5.74) is 0.342. The van der Waals surface area contributed by atoms with Crippen LogP contribution in [0.5, 0.6) is 0 Å². The molecule has 1 aliphatic rings. The predicted octanol–water partition coefficient (Wildman–Crippen LogP) is 3.46. The molecule has 0 saturated heterocycles. The van der Waals surface area contributed by atoms with Gasteiger partial charge in [0.1, 0.15) is 0 Å². The van der Waals surface area contributed by atoms with E-state index in [1.54, 1.807) is 6.92 Å². The molecule has 4 heteroatoms. The van der Waals surface area contributed by atoms with Crippen molar-refractivity contribution >= 4 is 11.9 Å². The number of carboxylic acids is 1. The zero-order valence-electron chi connectivity index (χ0n) is 13.9. The lowest BCUT2D eigenvalue weighted by Gasteiger charge is -2.36. The summed E-state index contributed by atoms with van der Waals surface area (Å²) in [5.74, 6) is -0.0604. The number of nitrogens with one attached hydrogen (secondary N) is 1. The highest BCUT2D eigenvalue weighted by Crippen LogP contribution is 2.39. The maximum atomic E-state index is 12.1. The molecule has 0 aromatic carbocycles. The molecule has 0 radical (unpaired) electrons. The van der Waals surface area contributed by atoms with Crippen molar-refractivity contribution in [1.82, 2.24) is 5.32 Å². The third-order valence-corrected chi connectivity index (χ3v) is 4.86. The fraction of sp³-hybridized carbons (Fsp3) is 0.882. The van der Waals surface area contributed by atoms with E-state index in [9.17, 15) is 9.59 Å². The second-order valence-electron chi connectivity index (χ2n) is 7.59. The van der Waals surface area contributed by atoms with Crippen LogP contribution < -0.4 is 5.32 Å². The Labute approximate surface area is 128 Å². The third kappa shape index (κ3) is 6.06. The highest BCUT2D eigenvalue weighted by Gasteiger charge is 2.32. The molecular formula is C17H31NO3. The van der Waals surface area contributed by atoms with Crippen molar-refractivity contribution in [2.45, 2.75) is 66.2 Å². The number of rotatable bonds is 6. The van der Waals surface area contributed by atoms with Crippen LogP contribution in [0.4, 0.5) is 0 Å². The van der Waals surface area contributed by atoms with Gasteiger partial charge in [-0.3, -0.25) is 9.59 Å². The van der Waals surface area contributed by atoms with Gasteiger partial charge >= 0.3 is 5.97 Å². The minimum Gasteiger partial charge on any atom is -0.481 e. The molecule has 0 spiro atoms. The van der Waals surface area contributed by atoms with E-state index >= 15 is 0 Å². The van der Waals surface area contributed by atoms with Gasteiger partial charge in [0.2, 0.25) is 5.91 Å². The van der Waals surface area contributed by atoms with Gasteiger partial charge < -0.3 is 10.4 Å². The summed E-state index contributed by atoms with van der Waals surface area (Å²) < 4.78 is 0. The highest BCUT2D eigenvalue weighted by molar-refractivity contribution is 5.78. The smallest absolute Gasteiger partial charge is 0.306 e. The molecule has 1 aliphatic carbocycles. The Morgan fingerprint density at radius 3 is 2.24 bits per heavy atom. The van der Waals surface area contributed by atoms with E-state index in [0.29, 0.717) is 18.4 Å². The van der Waals surface area contributed by atoms with Crippen molar-refractivity contribution in [2.24, 2.45) is 23.2 Å². The topological polar surface area (TPSA) is 66.4 Å². The lowest BCUT2D eigenvalue weighted by atomic mass is 9.69. The first-order valence-electron chi connectivity index (χ1n) is 8.22. The molecule has 0 aliphatic heterocycles. The van der Waals surface area contributed by atoms with E-state index in [1.807, 2.05) is 0 Å². The van der Waals surface area contributed by atoms with Crippen molar-refractivity contribution < 1.29 is 14.7 Å². The molecule has 1 fully saturated rings. The molecule has 1 atom stereocenters. The second-order valence-corrected chi connectivity index (χ2v) is 7.59. The quantitative estimate of drug-likeness (QED) is 0.738. The van der Waals surface area contributed by atoms with Crippen LogP contribution in [0.15, 0.2) is 0 Å². The minimum atomic E-state index is -0.762. The van der Waals surface area contributed by atoms with Crippen molar-refractivity contribution in [3.05, 3.63) is 0 Å². The van der Waals surface area contributed by atoms with E-state index in [-0.39, 0.29) is 17.7 Å². The van der Waals surface area contributed by atoms with Crippen LogP contribution in [0.3, 0.4) is 0 Å². The summed E-state index contributed by atoms with van der Waals surface area (Å²) >= 11 is 0. The monoisotopic (exact) mass is 297 g/mol. The molecule has 2 N–H and O–H groups in total. The fourth-order valence-corrected chi connectivity index (χ4v) is 3.11. The zero-order valence-corrected chi connectivity index (χ0v) is 13.9. The SMILES string of the molecule is CC(CCCNC(=O)C1CCC(C(C)(C)C)CC1)C(=O)O. The van der Waals surface area contributed by atoms with Gasteiger partial charge in [-0.15, -0.1) is 0 Å². The summed E-state index contributed by atoms with van der Waals surface area (Å²) in [6, 6.07) is 0. The van der Waals surface area contributed by atoms with Crippen LogP contribution in [0, 0.1) is 23.2 Å². The molecule has 0 heterocycles. The molecule has 21 heavy (non-hydrogen) atoms. The summed E-state index contributed by atoms with van der Waals surface area (Å²) in [5, 5.41) is 11.8. The van der Waals surface area contributed by atoms with Crippen LogP contribution in [0.1, 0.15) is 66.2 Å². The van der Waals surface area contributed by atoms with E-state index in [4.69, 9.17) is 5.11 Å². The number of hydrogen-bond acceptors (Lipinski definition) is 2. The van der Waals surface area contributed by atoms with Gasteiger partial charge in [-0.2, -0.15) is 0 Å². The van der Waals surface area contributed by atoms with Gasteiger partial charge in [-0.05, 0) is 49.9 Å². The average Bonchev–Trinajstić information content (AvgIpc) is 2.42. The third-order valence-electron chi connectivity index (χ3n) is 4.86. The van der Waals surface area contributed by atoms with Crippen LogP contribution in [0.2, 0.25) is 0 Å². The molecule has 0 aromatic heterocycles. The standard InChI is InChI=1S/C17H31NO3/c1-12(16(20)21)6-5-11-18-15(19)13-7-9-14(10-8-13)17(2,3)4/h12-14H,5-11H2,1-4H3,(H,18,19)(H,20,21). The molecule has 4 nitrogen and oxygen atoms in total. The second kappa shape index (κ2) is 7.81. The molecule has 1 unspecified atom stereocenters. The van der Waals surface area contributed by atoms with Gasteiger partial charge in [-0.1, -0.05) is 27.7 Å². The Bertz CT molecular complexity index is 352. The maximum absolute atomic E-state index is 12.1. The van der Waals surface area contributed by atoms with Crippen LogP contribution >= 0.6 is 0 Å². The summed E-state index contributed by atoms with van der Waals surface area (Å²) in [6.45, 7) is 9.14. The van der Waals surface area contributed by atoms with Crippen molar-refractivity contribution in [3.8, 4) is 0 Å². The molecule has 1 amide bonds.